The summed E-state index contributed by atoms with van der Waals surface area (Å²) in [6.07, 6.45) is 1.51. The molecular weight excluding hydrogens is 300 g/mol. The number of sulfonamides is 1. The maximum absolute atomic E-state index is 14.0. The highest BCUT2D eigenvalue weighted by molar-refractivity contribution is 7.89. The summed E-state index contributed by atoms with van der Waals surface area (Å²) in [5.74, 6) is -2.05. The van der Waals surface area contributed by atoms with Crippen LogP contribution >= 0.6 is 0 Å². The molecule has 0 aliphatic rings. The number of nitrogens with one attached hydrogen (secondary N) is 1. The number of nitrogens with zero attached hydrogens (tertiary/aromatic N) is 1. The van der Waals surface area contributed by atoms with E-state index in [4.69, 9.17) is 5.73 Å². The van der Waals surface area contributed by atoms with Crippen LogP contribution in [0.2, 0.25) is 0 Å². The van der Waals surface area contributed by atoms with Gasteiger partial charge in [0.2, 0.25) is 10.0 Å². The van der Waals surface area contributed by atoms with E-state index in [1.54, 1.807) is 18.2 Å². The van der Waals surface area contributed by atoms with E-state index in [9.17, 15) is 17.2 Å². The first-order chi connectivity index (χ1) is 9.95. The lowest BCUT2D eigenvalue weighted by molar-refractivity contribution is 0.525. The van der Waals surface area contributed by atoms with Crippen molar-refractivity contribution < 1.29 is 17.2 Å². The zero-order valence-corrected chi connectivity index (χ0v) is 11.7. The molecule has 0 amide bonds. The molecule has 3 N–H and O–H groups in total. The molecule has 0 radical (unpaired) electrons. The Morgan fingerprint density at radius 3 is 2.57 bits per heavy atom. The van der Waals surface area contributed by atoms with E-state index >= 15 is 0 Å². The van der Waals surface area contributed by atoms with Crippen LogP contribution in [0, 0.1) is 11.6 Å². The number of aromatic nitrogens is 1. The van der Waals surface area contributed by atoms with Crippen molar-refractivity contribution in [2.24, 2.45) is 5.73 Å². The second kappa shape index (κ2) is 6.25. The van der Waals surface area contributed by atoms with Crippen LogP contribution in [0.4, 0.5) is 8.78 Å². The third kappa shape index (κ3) is 3.41. The van der Waals surface area contributed by atoms with Gasteiger partial charge in [0.05, 0.1) is 12.2 Å². The van der Waals surface area contributed by atoms with Gasteiger partial charge in [-0.05, 0) is 24.3 Å². The van der Waals surface area contributed by atoms with Crippen LogP contribution in [0.15, 0.2) is 41.4 Å². The van der Waals surface area contributed by atoms with Crippen molar-refractivity contribution in [3.63, 3.8) is 0 Å². The van der Waals surface area contributed by atoms with Crippen molar-refractivity contribution in [3.05, 3.63) is 59.4 Å². The van der Waals surface area contributed by atoms with Crippen LogP contribution in [-0.2, 0) is 23.1 Å². The van der Waals surface area contributed by atoms with Gasteiger partial charge in [-0.25, -0.2) is 21.9 Å². The fourth-order valence-corrected chi connectivity index (χ4v) is 2.82. The van der Waals surface area contributed by atoms with Crippen LogP contribution in [0.1, 0.15) is 11.3 Å². The van der Waals surface area contributed by atoms with Crippen LogP contribution < -0.4 is 10.5 Å². The molecule has 0 bridgehead atoms. The Morgan fingerprint density at radius 1 is 1.19 bits per heavy atom. The van der Waals surface area contributed by atoms with Crippen LogP contribution in [0.25, 0.3) is 0 Å². The lowest BCUT2D eigenvalue weighted by Gasteiger charge is -2.10. The standard InChI is InChI=1S/C13H13F2N3O2S/c14-11-4-5-12(13(15)10(11)7-16)21(19,20)18-8-9-3-1-2-6-17-9/h1-6,18H,7-8,16H2. The highest BCUT2D eigenvalue weighted by Crippen LogP contribution is 2.20. The third-order valence-electron chi connectivity index (χ3n) is 2.81. The van der Waals surface area contributed by atoms with Gasteiger partial charge in [-0.3, -0.25) is 4.98 Å². The fourth-order valence-electron chi connectivity index (χ4n) is 1.72. The summed E-state index contributed by atoms with van der Waals surface area (Å²) < 4.78 is 53.7. The molecule has 1 aromatic heterocycles. The average molecular weight is 313 g/mol. The van der Waals surface area contributed by atoms with E-state index in [0.717, 1.165) is 12.1 Å². The van der Waals surface area contributed by atoms with Gasteiger partial charge in [0, 0.05) is 18.3 Å². The smallest absolute Gasteiger partial charge is 0.243 e. The lowest BCUT2D eigenvalue weighted by atomic mass is 10.2. The zero-order valence-electron chi connectivity index (χ0n) is 10.9. The lowest BCUT2D eigenvalue weighted by Crippen LogP contribution is -2.25. The Kier molecular flexibility index (Phi) is 4.61. The number of rotatable bonds is 5. The topological polar surface area (TPSA) is 85.1 Å². The van der Waals surface area contributed by atoms with Gasteiger partial charge in [0.25, 0.3) is 0 Å². The molecular formula is C13H13F2N3O2S. The van der Waals surface area contributed by atoms with E-state index in [1.165, 1.54) is 6.20 Å². The van der Waals surface area contributed by atoms with Crippen molar-refractivity contribution >= 4 is 10.0 Å². The molecule has 1 aromatic carbocycles. The number of benzene rings is 1. The minimum atomic E-state index is -4.13. The minimum Gasteiger partial charge on any atom is -0.326 e. The molecule has 112 valence electrons. The molecule has 0 spiro atoms. The van der Waals surface area contributed by atoms with Crippen molar-refractivity contribution in [2.75, 3.05) is 0 Å². The largest absolute Gasteiger partial charge is 0.326 e. The van der Waals surface area contributed by atoms with E-state index in [-0.39, 0.29) is 6.54 Å². The van der Waals surface area contributed by atoms with Gasteiger partial charge in [-0.2, -0.15) is 0 Å². The summed E-state index contributed by atoms with van der Waals surface area (Å²) in [6.45, 7) is -0.529. The van der Waals surface area contributed by atoms with Gasteiger partial charge >= 0.3 is 0 Å². The molecule has 0 saturated carbocycles. The summed E-state index contributed by atoms with van der Waals surface area (Å²) in [5, 5.41) is 0. The predicted octanol–water partition coefficient (Wildman–Crippen LogP) is 1.30. The molecule has 0 aliphatic carbocycles. The molecule has 2 rings (SSSR count). The highest BCUT2D eigenvalue weighted by atomic mass is 32.2. The Bertz CT molecular complexity index is 737. The third-order valence-corrected chi connectivity index (χ3v) is 4.23. The predicted molar refractivity (Wildman–Crippen MR) is 72.5 cm³/mol. The van der Waals surface area contributed by atoms with Crippen LogP contribution in [0.3, 0.4) is 0 Å². The summed E-state index contributed by atoms with van der Waals surface area (Å²) >= 11 is 0. The van der Waals surface area contributed by atoms with E-state index in [0.29, 0.717) is 5.69 Å². The Balaban J connectivity index is 2.28. The van der Waals surface area contributed by atoms with E-state index in [1.807, 2.05) is 0 Å². The maximum atomic E-state index is 14.0. The molecule has 8 heteroatoms. The normalized spacial score (nSPS) is 11.6. The zero-order chi connectivity index (χ0) is 15.5. The number of hydrogen-bond acceptors (Lipinski definition) is 4. The second-order valence-electron chi connectivity index (χ2n) is 4.19. The fraction of sp³-hybridized carbons (Fsp3) is 0.154. The highest BCUT2D eigenvalue weighted by Gasteiger charge is 2.22. The van der Waals surface area contributed by atoms with E-state index in [2.05, 4.69) is 9.71 Å². The van der Waals surface area contributed by atoms with Gasteiger partial charge in [-0.1, -0.05) is 6.07 Å². The molecule has 1 heterocycles. The first-order valence-electron chi connectivity index (χ1n) is 6.02. The summed E-state index contributed by atoms with van der Waals surface area (Å²) in [4.78, 5) is 3.31. The summed E-state index contributed by atoms with van der Waals surface area (Å²) in [6, 6.07) is 6.74. The molecule has 5 nitrogen and oxygen atoms in total. The summed E-state index contributed by atoms with van der Waals surface area (Å²) in [5.41, 5.74) is 5.24. The van der Waals surface area contributed by atoms with Crippen molar-refractivity contribution in [2.45, 2.75) is 18.0 Å². The first kappa shape index (κ1) is 15.5. The van der Waals surface area contributed by atoms with Crippen molar-refractivity contribution in [1.82, 2.24) is 9.71 Å². The number of pyridine rings is 1. The van der Waals surface area contributed by atoms with Crippen molar-refractivity contribution in [3.8, 4) is 0 Å². The van der Waals surface area contributed by atoms with Crippen molar-refractivity contribution in [1.29, 1.82) is 0 Å². The molecule has 21 heavy (non-hydrogen) atoms. The molecule has 2 aromatic rings. The summed E-state index contributed by atoms with van der Waals surface area (Å²) in [7, 11) is -4.13. The first-order valence-corrected chi connectivity index (χ1v) is 7.50. The Morgan fingerprint density at radius 2 is 1.95 bits per heavy atom. The monoisotopic (exact) mass is 313 g/mol. The van der Waals surface area contributed by atoms with Gasteiger partial charge in [0.1, 0.15) is 10.7 Å². The average Bonchev–Trinajstić information content (AvgIpc) is 2.46. The number of nitrogens with two attached hydrogens (primary N) is 1. The number of halogens is 2. The maximum Gasteiger partial charge on any atom is 0.243 e. The Labute approximate surface area is 120 Å². The Hall–Kier alpha value is -1.90. The minimum absolute atomic E-state index is 0.0993. The molecule has 0 aliphatic heterocycles. The molecule has 0 atom stereocenters. The molecule has 0 saturated heterocycles. The SMILES string of the molecule is NCc1c(F)ccc(S(=O)(=O)NCc2ccccn2)c1F. The number of hydrogen-bond donors (Lipinski definition) is 2. The second-order valence-corrected chi connectivity index (χ2v) is 5.92. The van der Waals surface area contributed by atoms with Crippen LogP contribution in [0.5, 0.6) is 0 Å². The van der Waals surface area contributed by atoms with Gasteiger partial charge < -0.3 is 5.73 Å². The van der Waals surface area contributed by atoms with Crippen LogP contribution in [-0.4, -0.2) is 13.4 Å². The van der Waals surface area contributed by atoms with Gasteiger partial charge in [0.15, 0.2) is 5.82 Å². The quantitative estimate of drug-likeness (QED) is 0.871. The molecule has 0 fully saturated rings. The molecule has 0 unspecified atom stereocenters. The van der Waals surface area contributed by atoms with Gasteiger partial charge in [-0.15, -0.1) is 0 Å². The van der Waals surface area contributed by atoms with E-state index < -0.39 is 38.7 Å².